The highest BCUT2D eigenvalue weighted by Crippen LogP contribution is 2.20. The predicted molar refractivity (Wildman–Crippen MR) is 76.1 cm³/mol. The Hall–Kier alpha value is -1.68. The van der Waals surface area contributed by atoms with Crippen molar-refractivity contribution in [2.45, 2.75) is 39.2 Å². The van der Waals surface area contributed by atoms with Crippen molar-refractivity contribution >= 4 is 5.69 Å². The lowest BCUT2D eigenvalue weighted by atomic mass is 10.1. The maximum absolute atomic E-state index is 10.9. The number of hydrogen-bond donors (Lipinski definition) is 1. The summed E-state index contributed by atoms with van der Waals surface area (Å²) < 4.78 is 0. The molecule has 2 rings (SSSR count). The molecule has 0 atom stereocenters. The van der Waals surface area contributed by atoms with Gasteiger partial charge >= 0.3 is 0 Å². The maximum atomic E-state index is 10.9. The number of nitrogens with zero attached hydrogens (tertiary/aromatic N) is 1. The van der Waals surface area contributed by atoms with Crippen LogP contribution in [-0.2, 0) is 6.54 Å². The van der Waals surface area contributed by atoms with Crippen LogP contribution in [0, 0.1) is 17.0 Å². The van der Waals surface area contributed by atoms with Crippen LogP contribution in [0.5, 0.6) is 0 Å². The second kappa shape index (κ2) is 6.48. The highest BCUT2D eigenvalue weighted by molar-refractivity contribution is 5.42. The van der Waals surface area contributed by atoms with Crippen molar-refractivity contribution in [1.82, 2.24) is 5.32 Å². The highest BCUT2D eigenvalue weighted by Gasteiger charge is 2.10. The summed E-state index contributed by atoms with van der Waals surface area (Å²) in [5, 5.41) is 14.2. The number of benzene rings is 1. The van der Waals surface area contributed by atoms with Gasteiger partial charge in [0, 0.05) is 18.2 Å². The van der Waals surface area contributed by atoms with Gasteiger partial charge in [0.25, 0.3) is 5.69 Å². The summed E-state index contributed by atoms with van der Waals surface area (Å²) in [6.07, 6.45) is 7.17. The first-order valence-corrected chi connectivity index (χ1v) is 6.79. The second-order valence-corrected chi connectivity index (χ2v) is 5.06. The molecule has 0 radical (unpaired) electrons. The van der Waals surface area contributed by atoms with Crippen molar-refractivity contribution < 1.29 is 4.92 Å². The Morgan fingerprint density at radius 3 is 2.95 bits per heavy atom. The third kappa shape index (κ3) is 3.89. The molecule has 102 valence electrons. The van der Waals surface area contributed by atoms with Crippen molar-refractivity contribution in [3.05, 3.63) is 51.1 Å². The predicted octanol–water partition coefficient (Wildman–Crippen LogP) is 3.49. The SMILES string of the molecule is Cc1ccc(CNCCC2=CCCC2)cc1[N+](=O)[O-]. The molecule has 1 aromatic carbocycles. The molecule has 0 amide bonds. The van der Waals surface area contributed by atoms with Gasteiger partial charge in [0.2, 0.25) is 0 Å². The van der Waals surface area contributed by atoms with E-state index in [4.69, 9.17) is 0 Å². The molecule has 0 unspecified atom stereocenters. The Bertz CT molecular complexity index is 495. The maximum Gasteiger partial charge on any atom is 0.272 e. The second-order valence-electron chi connectivity index (χ2n) is 5.06. The van der Waals surface area contributed by atoms with E-state index in [1.54, 1.807) is 18.6 Å². The molecule has 0 saturated carbocycles. The highest BCUT2D eigenvalue weighted by atomic mass is 16.6. The van der Waals surface area contributed by atoms with Crippen LogP contribution in [0.1, 0.15) is 36.8 Å². The third-order valence-corrected chi connectivity index (χ3v) is 3.56. The van der Waals surface area contributed by atoms with Crippen molar-refractivity contribution in [2.75, 3.05) is 6.54 Å². The summed E-state index contributed by atoms with van der Waals surface area (Å²) >= 11 is 0. The number of nitro benzene ring substituents is 1. The first-order valence-electron chi connectivity index (χ1n) is 6.79. The first-order chi connectivity index (χ1) is 9.16. The topological polar surface area (TPSA) is 55.2 Å². The van der Waals surface area contributed by atoms with E-state index in [-0.39, 0.29) is 10.6 Å². The number of nitrogens with one attached hydrogen (secondary N) is 1. The molecular formula is C15H20N2O2. The average molecular weight is 260 g/mol. The van der Waals surface area contributed by atoms with Gasteiger partial charge in [-0.15, -0.1) is 0 Å². The molecule has 0 heterocycles. The Labute approximate surface area is 113 Å². The minimum absolute atomic E-state index is 0.206. The van der Waals surface area contributed by atoms with Gasteiger partial charge in [0.05, 0.1) is 4.92 Å². The van der Waals surface area contributed by atoms with Gasteiger partial charge in [0.15, 0.2) is 0 Å². The molecule has 1 aliphatic carbocycles. The number of hydrogen-bond acceptors (Lipinski definition) is 3. The van der Waals surface area contributed by atoms with Gasteiger partial charge in [-0.05, 0) is 44.7 Å². The summed E-state index contributed by atoms with van der Waals surface area (Å²) in [6.45, 7) is 3.39. The molecular weight excluding hydrogens is 240 g/mol. The van der Waals surface area contributed by atoms with E-state index in [0.29, 0.717) is 12.1 Å². The monoisotopic (exact) mass is 260 g/mol. The molecule has 0 spiro atoms. The average Bonchev–Trinajstić information content (AvgIpc) is 2.89. The van der Waals surface area contributed by atoms with Crippen LogP contribution in [0.3, 0.4) is 0 Å². The zero-order chi connectivity index (χ0) is 13.7. The van der Waals surface area contributed by atoms with Gasteiger partial charge in [-0.1, -0.05) is 23.8 Å². The van der Waals surface area contributed by atoms with Crippen LogP contribution in [0.15, 0.2) is 29.8 Å². The van der Waals surface area contributed by atoms with Crippen LogP contribution in [0.25, 0.3) is 0 Å². The van der Waals surface area contributed by atoms with E-state index >= 15 is 0 Å². The standard InChI is InChI=1S/C15H20N2O2/c1-12-6-7-14(10-15(12)17(18)19)11-16-9-8-13-4-2-3-5-13/h4,6-7,10,16H,2-3,5,8-9,11H2,1H3. The molecule has 0 bridgehead atoms. The fourth-order valence-electron chi connectivity index (χ4n) is 2.41. The van der Waals surface area contributed by atoms with Gasteiger partial charge in [0.1, 0.15) is 0 Å². The Balaban J connectivity index is 1.82. The molecule has 1 N–H and O–H groups in total. The summed E-state index contributed by atoms with van der Waals surface area (Å²) in [5.74, 6) is 0. The fourth-order valence-corrected chi connectivity index (χ4v) is 2.41. The molecule has 1 aromatic rings. The van der Waals surface area contributed by atoms with E-state index in [0.717, 1.165) is 18.5 Å². The minimum Gasteiger partial charge on any atom is -0.312 e. The summed E-state index contributed by atoms with van der Waals surface area (Å²) in [4.78, 5) is 10.5. The zero-order valence-electron chi connectivity index (χ0n) is 11.3. The van der Waals surface area contributed by atoms with E-state index < -0.39 is 0 Å². The Morgan fingerprint density at radius 2 is 2.26 bits per heavy atom. The molecule has 4 nitrogen and oxygen atoms in total. The van der Waals surface area contributed by atoms with Crippen LogP contribution in [0.4, 0.5) is 5.69 Å². The normalized spacial score (nSPS) is 14.5. The smallest absolute Gasteiger partial charge is 0.272 e. The van der Waals surface area contributed by atoms with Crippen molar-refractivity contribution in [3.8, 4) is 0 Å². The van der Waals surface area contributed by atoms with E-state index in [9.17, 15) is 10.1 Å². The Morgan fingerprint density at radius 1 is 1.42 bits per heavy atom. The molecule has 0 fully saturated rings. The number of nitro groups is 1. The largest absolute Gasteiger partial charge is 0.312 e. The fraction of sp³-hybridized carbons (Fsp3) is 0.467. The molecule has 0 saturated heterocycles. The molecule has 0 aromatic heterocycles. The van der Waals surface area contributed by atoms with Gasteiger partial charge in [-0.25, -0.2) is 0 Å². The van der Waals surface area contributed by atoms with Crippen LogP contribution in [-0.4, -0.2) is 11.5 Å². The summed E-state index contributed by atoms with van der Waals surface area (Å²) in [7, 11) is 0. The van der Waals surface area contributed by atoms with Gasteiger partial charge in [-0.3, -0.25) is 10.1 Å². The third-order valence-electron chi connectivity index (χ3n) is 3.56. The van der Waals surface area contributed by atoms with Gasteiger partial charge in [-0.2, -0.15) is 0 Å². The number of rotatable bonds is 6. The van der Waals surface area contributed by atoms with E-state index in [1.165, 1.54) is 19.3 Å². The summed E-state index contributed by atoms with van der Waals surface area (Å²) in [6, 6.07) is 5.43. The van der Waals surface area contributed by atoms with Crippen LogP contribution < -0.4 is 5.32 Å². The van der Waals surface area contributed by atoms with E-state index in [1.807, 2.05) is 12.1 Å². The quantitative estimate of drug-likeness (QED) is 0.368. The van der Waals surface area contributed by atoms with E-state index in [2.05, 4.69) is 11.4 Å². The zero-order valence-corrected chi connectivity index (χ0v) is 11.3. The van der Waals surface area contributed by atoms with Crippen molar-refractivity contribution in [3.63, 3.8) is 0 Å². The lowest BCUT2D eigenvalue weighted by Gasteiger charge is -2.06. The van der Waals surface area contributed by atoms with Crippen LogP contribution in [0.2, 0.25) is 0 Å². The first kappa shape index (κ1) is 13.7. The van der Waals surface area contributed by atoms with Gasteiger partial charge < -0.3 is 5.32 Å². The molecule has 0 aliphatic heterocycles. The lowest BCUT2D eigenvalue weighted by molar-refractivity contribution is -0.385. The molecule has 19 heavy (non-hydrogen) atoms. The number of aryl methyl sites for hydroxylation is 1. The van der Waals surface area contributed by atoms with Crippen LogP contribution >= 0.6 is 0 Å². The molecule has 1 aliphatic rings. The Kier molecular flexibility index (Phi) is 4.68. The lowest BCUT2D eigenvalue weighted by Crippen LogP contribution is -2.15. The minimum atomic E-state index is -0.317. The number of allylic oxidation sites excluding steroid dienone is 1. The summed E-state index contributed by atoms with van der Waals surface area (Å²) in [5.41, 5.74) is 3.43. The van der Waals surface area contributed by atoms with Crippen molar-refractivity contribution in [2.24, 2.45) is 0 Å². The van der Waals surface area contributed by atoms with Crippen molar-refractivity contribution in [1.29, 1.82) is 0 Å². The molecule has 4 heteroatoms.